The van der Waals surface area contributed by atoms with Crippen molar-refractivity contribution in [1.29, 1.82) is 0 Å². The summed E-state index contributed by atoms with van der Waals surface area (Å²) in [5.41, 5.74) is 0. The van der Waals surface area contributed by atoms with Crippen LogP contribution in [0.1, 0.15) is 91.4 Å². The lowest BCUT2D eigenvalue weighted by Crippen LogP contribution is -2.36. The van der Waals surface area contributed by atoms with Gasteiger partial charge in [-0.05, 0) is 30.9 Å². The number of hydrogen-bond donors (Lipinski definition) is 2. The predicted molar refractivity (Wildman–Crippen MR) is 120 cm³/mol. The van der Waals surface area contributed by atoms with E-state index in [1.54, 1.807) is 24.3 Å². The van der Waals surface area contributed by atoms with E-state index in [9.17, 15) is 14.3 Å². The average molecular weight is 426 g/mol. The van der Waals surface area contributed by atoms with Crippen molar-refractivity contribution in [2.45, 2.75) is 97.2 Å². The summed E-state index contributed by atoms with van der Waals surface area (Å²) in [6.45, 7) is 6.14. The number of carbonyl (C=O) groups excluding carboxylic acids is 1. The summed E-state index contributed by atoms with van der Waals surface area (Å²) in [5, 5.41) is 2.76. The molecule has 1 aromatic rings. The molecule has 0 bridgehead atoms. The molecule has 1 amide bonds. The standard InChI is InChI=1S/C23H40NO4P/c1-4-5-6-7-8-9-10-11-15-18-22(25)24-23(19-20(2)3)29(26,27)28-21-16-13-12-14-17-21/h12-14,16-17,20,23H,4-11,15,18-19H2,1-3H3,(H,24,25)(H,26,27). The van der Waals surface area contributed by atoms with Gasteiger partial charge in [0, 0.05) is 6.42 Å². The van der Waals surface area contributed by atoms with Crippen molar-refractivity contribution in [2.24, 2.45) is 5.92 Å². The first-order valence-corrected chi connectivity index (χ1v) is 12.9. The second-order valence-electron chi connectivity index (χ2n) is 8.26. The van der Waals surface area contributed by atoms with E-state index in [1.807, 2.05) is 19.9 Å². The summed E-state index contributed by atoms with van der Waals surface area (Å²) in [5.74, 6) is -0.577. The van der Waals surface area contributed by atoms with Crippen LogP contribution in [0.4, 0.5) is 0 Å². The molecule has 29 heavy (non-hydrogen) atoms. The molecule has 0 aliphatic heterocycles. The van der Waals surface area contributed by atoms with Crippen molar-refractivity contribution >= 4 is 13.5 Å². The number of benzene rings is 1. The largest absolute Gasteiger partial charge is 0.423 e. The van der Waals surface area contributed by atoms with E-state index in [1.165, 1.54) is 38.5 Å². The SMILES string of the molecule is CCCCCCCCCCCC(=O)NC(CC(C)C)P(=O)(O)Oc1ccccc1. The summed E-state index contributed by atoms with van der Waals surface area (Å²) in [7, 11) is -4.03. The van der Waals surface area contributed by atoms with Crippen molar-refractivity contribution in [3.63, 3.8) is 0 Å². The van der Waals surface area contributed by atoms with Gasteiger partial charge in [0.1, 0.15) is 11.5 Å². The third-order valence-electron chi connectivity index (χ3n) is 4.90. The van der Waals surface area contributed by atoms with E-state index in [2.05, 4.69) is 12.2 Å². The highest BCUT2D eigenvalue weighted by molar-refractivity contribution is 7.54. The Kier molecular flexibility index (Phi) is 13.0. The molecule has 1 aromatic carbocycles. The molecule has 0 aromatic heterocycles. The van der Waals surface area contributed by atoms with E-state index in [4.69, 9.17) is 4.52 Å². The molecule has 0 fully saturated rings. The molecule has 0 radical (unpaired) electrons. The zero-order chi connectivity index (χ0) is 21.5. The number of rotatable bonds is 16. The quantitative estimate of drug-likeness (QED) is 0.229. The lowest BCUT2D eigenvalue weighted by Gasteiger charge is -2.25. The molecule has 6 heteroatoms. The second-order valence-corrected chi connectivity index (χ2v) is 10.2. The molecular weight excluding hydrogens is 385 g/mol. The maximum Gasteiger partial charge on any atom is 0.398 e. The number of unbranched alkanes of at least 4 members (excludes halogenated alkanes) is 8. The normalized spacial score (nSPS) is 14.4. The van der Waals surface area contributed by atoms with E-state index in [0.717, 1.165) is 19.3 Å². The van der Waals surface area contributed by atoms with Crippen molar-refractivity contribution < 1.29 is 18.8 Å². The van der Waals surface area contributed by atoms with Gasteiger partial charge in [-0.3, -0.25) is 4.79 Å². The minimum atomic E-state index is -4.03. The van der Waals surface area contributed by atoms with Crippen molar-refractivity contribution in [1.82, 2.24) is 5.32 Å². The molecule has 0 saturated heterocycles. The van der Waals surface area contributed by atoms with Gasteiger partial charge in [0.15, 0.2) is 0 Å². The Morgan fingerprint density at radius 2 is 1.55 bits per heavy atom. The molecule has 166 valence electrons. The molecule has 2 unspecified atom stereocenters. The first-order chi connectivity index (χ1) is 13.8. The van der Waals surface area contributed by atoms with Crippen LogP contribution in [0.15, 0.2) is 30.3 Å². The summed E-state index contributed by atoms with van der Waals surface area (Å²) in [4.78, 5) is 22.8. The van der Waals surface area contributed by atoms with Crippen LogP contribution in [0.5, 0.6) is 5.75 Å². The third kappa shape index (κ3) is 12.1. The molecule has 0 saturated carbocycles. The Hall–Kier alpha value is -1.32. The van der Waals surface area contributed by atoms with Gasteiger partial charge >= 0.3 is 7.60 Å². The van der Waals surface area contributed by atoms with Crippen molar-refractivity contribution in [2.75, 3.05) is 0 Å². The van der Waals surface area contributed by atoms with E-state index in [-0.39, 0.29) is 11.8 Å². The molecule has 0 spiro atoms. The van der Waals surface area contributed by atoms with E-state index < -0.39 is 13.4 Å². The number of para-hydroxylation sites is 1. The molecule has 0 aliphatic rings. The van der Waals surface area contributed by atoms with Gasteiger partial charge in [-0.1, -0.05) is 90.3 Å². The van der Waals surface area contributed by atoms with Crippen LogP contribution in [0.2, 0.25) is 0 Å². The van der Waals surface area contributed by atoms with Crippen LogP contribution in [0.3, 0.4) is 0 Å². The Bertz CT molecular complexity index is 606. The summed E-state index contributed by atoms with van der Waals surface area (Å²) >= 11 is 0. The van der Waals surface area contributed by atoms with Crippen LogP contribution in [-0.2, 0) is 9.36 Å². The van der Waals surface area contributed by atoms with Crippen molar-refractivity contribution in [3.05, 3.63) is 30.3 Å². The summed E-state index contributed by atoms with van der Waals surface area (Å²) < 4.78 is 18.2. The third-order valence-corrected chi connectivity index (χ3v) is 6.50. The first-order valence-electron chi connectivity index (χ1n) is 11.2. The zero-order valence-corrected chi connectivity index (χ0v) is 19.3. The van der Waals surface area contributed by atoms with Crippen LogP contribution in [-0.4, -0.2) is 16.6 Å². The molecule has 0 aliphatic carbocycles. The highest BCUT2D eigenvalue weighted by Crippen LogP contribution is 2.48. The molecule has 1 rings (SSSR count). The summed E-state index contributed by atoms with van der Waals surface area (Å²) in [6, 6.07) is 8.58. The Morgan fingerprint density at radius 3 is 2.10 bits per heavy atom. The maximum absolute atomic E-state index is 12.8. The monoisotopic (exact) mass is 425 g/mol. The minimum absolute atomic E-state index is 0.160. The van der Waals surface area contributed by atoms with Crippen LogP contribution in [0, 0.1) is 5.92 Å². The average Bonchev–Trinajstić information content (AvgIpc) is 2.66. The highest BCUT2D eigenvalue weighted by Gasteiger charge is 2.35. The van der Waals surface area contributed by atoms with Gasteiger partial charge < -0.3 is 14.7 Å². The van der Waals surface area contributed by atoms with E-state index in [0.29, 0.717) is 18.6 Å². The molecule has 2 N–H and O–H groups in total. The molecular formula is C23H40NO4P. The minimum Gasteiger partial charge on any atom is -0.423 e. The van der Waals surface area contributed by atoms with Gasteiger partial charge in [-0.15, -0.1) is 0 Å². The van der Waals surface area contributed by atoms with Gasteiger partial charge in [-0.2, -0.15) is 0 Å². The lowest BCUT2D eigenvalue weighted by molar-refractivity contribution is -0.121. The van der Waals surface area contributed by atoms with Gasteiger partial charge in [0.2, 0.25) is 5.91 Å². The fourth-order valence-electron chi connectivity index (χ4n) is 3.27. The van der Waals surface area contributed by atoms with Crippen LogP contribution >= 0.6 is 7.60 Å². The van der Waals surface area contributed by atoms with Crippen LogP contribution in [0.25, 0.3) is 0 Å². The number of nitrogens with one attached hydrogen (secondary N) is 1. The maximum atomic E-state index is 12.8. The Morgan fingerprint density at radius 1 is 1.00 bits per heavy atom. The lowest BCUT2D eigenvalue weighted by atomic mass is 10.1. The smallest absolute Gasteiger partial charge is 0.398 e. The Balaban J connectivity index is 2.39. The Labute approximate surface area is 177 Å². The number of amides is 1. The molecule has 2 atom stereocenters. The van der Waals surface area contributed by atoms with Crippen molar-refractivity contribution in [3.8, 4) is 5.75 Å². The highest BCUT2D eigenvalue weighted by atomic mass is 31.2. The second kappa shape index (κ2) is 14.6. The van der Waals surface area contributed by atoms with Gasteiger partial charge in [0.05, 0.1) is 0 Å². The van der Waals surface area contributed by atoms with Gasteiger partial charge in [-0.25, -0.2) is 4.57 Å². The summed E-state index contributed by atoms with van der Waals surface area (Å²) in [6.07, 6.45) is 11.5. The topological polar surface area (TPSA) is 75.6 Å². The molecule has 0 heterocycles. The van der Waals surface area contributed by atoms with Gasteiger partial charge in [0.25, 0.3) is 0 Å². The number of carbonyl (C=O) groups is 1. The molecule has 5 nitrogen and oxygen atoms in total. The zero-order valence-electron chi connectivity index (χ0n) is 18.4. The first kappa shape index (κ1) is 25.7. The fourth-order valence-corrected chi connectivity index (χ4v) is 4.82. The number of hydrogen-bond acceptors (Lipinski definition) is 3. The van der Waals surface area contributed by atoms with Crippen LogP contribution < -0.4 is 9.84 Å². The predicted octanol–water partition coefficient (Wildman–Crippen LogP) is 6.66. The fraction of sp³-hybridized carbons (Fsp3) is 0.696. The van der Waals surface area contributed by atoms with E-state index >= 15 is 0 Å².